The summed E-state index contributed by atoms with van der Waals surface area (Å²) >= 11 is 0. The summed E-state index contributed by atoms with van der Waals surface area (Å²) in [6, 6.07) is 0. The van der Waals surface area contributed by atoms with Crippen LogP contribution in [0.3, 0.4) is 0 Å². The van der Waals surface area contributed by atoms with E-state index in [1.807, 2.05) is 0 Å². The van der Waals surface area contributed by atoms with Gasteiger partial charge in [0.2, 0.25) is 0 Å². The van der Waals surface area contributed by atoms with E-state index in [2.05, 4.69) is 22.1 Å². The van der Waals surface area contributed by atoms with Gasteiger partial charge in [-0.1, -0.05) is 6.58 Å². The Hall–Kier alpha value is -0.580. The molecule has 11 heavy (non-hydrogen) atoms. The van der Waals surface area contributed by atoms with Crippen LogP contribution in [0, 0.1) is 0 Å². The second-order valence-corrected chi connectivity index (χ2v) is 1.82. The molecular weight excluding hydrogens is 170 g/mol. The van der Waals surface area contributed by atoms with E-state index >= 15 is 0 Å². The van der Waals surface area contributed by atoms with Gasteiger partial charge < -0.3 is 17.1 Å². The number of ether oxygens (including phenoxy) is 1. The van der Waals surface area contributed by atoms with Crippen molar-refractivity contribution >= 4 is 5.97 Å². The average Bonchev–Trinajstić information content (AvgIpc) is 1.88. The minimum Gasteiger partial charge on any atom is -1.00 e. The van der Waals surface area contributed by atoms with Crippen LogP contribution in [0.25, 0.3) is 0 Å². The summed E-state index contributed by atoms with van der Waals surface area (Å²) in [6.45, 7) is 5.54. The Morgan fingerprint density at radius 1 is 1.55 bits per heavy atom. The van der Waals surface area contributed by atoms with E-state index in [4.69, 9.17) is 0 Å². The van der Waals surface area contributed by atoms with Gasteiger partial charge >= 0.3 is 5.97 Å². The quantitative estimate of drug-likeness (QED) is 0.210. The zero-order valence-corrected chi connectivity index (χ0v) is 7.19. The SMILES string of the molecule is C=C(C)C(=O)OCCO[NH3+].[Cl-]. The van der Waals surface area contributed by atoms with Gasteiger partial charge in [0.25, 0.3) is 0 Å². The number of hydrogen-bond donors (Lipinski definition) is 1. The van der Waals surface area contributed by atoms with Crippen LogP contribution < -0.4 is 18.3 Å². The van der Waals surface area contributed by atoms with Crippen LogP contribution in [0.2, 0.25) is 0 Å². The Bertz CT molecular complexity index is 138. The molecule has 0 bridgehead atoms. The molecule has 66 valence electrons. The van der Waals surface area contributed by atoms with Gasteiger partial charge in [-0.05, 0) is 6.92 Å². The van der Waals surface area contributed by atoms with Crippen molar-refractivity contribution in [1.82, 2.24) is 0 Å². The third-order valence-corrected chi connectivity index (χ3v) is 0.809. The third-order valence-electron chi connectivity index (χ3n) is 0.809. The van der Waals surface area contributed by atoms with Crippen molar-refractivity contribution in [2.75, 3.05) is 13.2 Å². The minimum absolute atomic E-state index is 0. The maximum absolute atomic E-state index is 10.6. The lowest BCUT2D eigenvalue weighted by Gasteiger charge is -2.00. The first-order valence-corrected chi connectivity index (χ1v) is 2.88. The third kappa shape index (κ3) is 7.32. The van der Waals surface area contributed by atoms with E-state index in [1.165, 1.54) is 0 Å². The molecule has 0 saturated heterocycles. The molecule has 5 heteroatoms. The highest BCUT2D eigenvalue weighted by Gasteiger charge is 2.01. The maximum atomic E-state index is 10.6. The molecule has 4 nitrogen and oxygen atoms in total. The first-order chi connectivity index (χ1) is 4.68. The lowest BCUT2D eigenvalue weighted by atomic mass is 10.4. The van der Waals surface area contributed by atoms with Crippen LogP contribution in [-0.4, -0.2) is 19.2 Å². The molecule has 0 aliphatic heterocycles. The highest BCUT2D eigenvalue weighted by atomic mass is 35.5. The number of carbonyl (C=O) groups excluding carboxylic acids is 1. The van der Waals surface area contributed by atoms with Crippen molar-refractivity contribution in [3.05, 3.63) is 12.2 Å². The van der Waals surface area contributed by atoms with Crippen molar-refractivity contribution in [2.24, 2.45) is 0 Å². The average molecular weight is 182 g/mol. The van der Waals surface area contributed by atoms with Crippen LogP contribution in [0.15, 0.2) is 12.2 Å². The standard InChI is InChI=1S/C6H12NO3.ClH/c1-5(2)6(8)9-3-4-10-7;/h1,3-4H2,2,7H3;1H/q+1;/p-1. The number of esters is 1. The summed E-state index contributed by atoms with van der Waals surface area (Å²) in [7, 11) is 0. The zero-order chi connectivity index (χ0) is 7.98. The summed E-state index contributed by atoms with van der Waals surface area (Å²) in [5.74, 6) is 2.72. The Kier molecular flexibility index (Phi) is 8.92. The molecular formula is C6H12ClNO3. The molecule has 0 atom stereocenters. The van der Waals surface area contributed by atoms with Crippen molar-refractivity contribution in [1.29, 1.82) is 0 Å². The first kappa shape index (κ1) is 13.0. The van der Waals surface area contributed by atoms with Crippen molar-refractivity contribution in [3.8, 4) is 0 Å². The summed E-state index contributed by atoms with van der Waals surface area (Å²) in [4.78, 5) is 15.0. The number of hydrogen-bond acceptors (Lipinski definition) is 3. The fraction of sp³-hybridized carbons (Fsp3) is 0.500. The van der Waals surface area contributed by atoms with E-state index in [9.17, 15) is 4.79 Å². The molecule has 0 saturated carbocycles. The van der Waals surface area contributed by atoms with E-state index in [-0.39, 0.29) is 19.0 Å². The molecule has 0 radical (unpaired) electrons. The molecule has 0 aromatic rings. The molecule has 0 aliphatic rings. The van der Waals surface area contributed by atoms with Crippen LogP contribution in [-0.2, 0) is 14.4 Å². The Morgan fingerprint density at radius 2 is 2.09 bits per heavy atom. The predicted octanol–water partition coefficient (Wildman–Crippen LogP) is -3.72. The van der Waals surface area contributed by atoms with Crippen molar-refractivity contribution in [2.45, 2.75) is 6.92 Å². The molecule has 0 aromatic carbocycles. The van der Waals surface area contributed by atoms with Gasteiger partial charge in [0.1, 0.15) is 13.2 Å². The molecule has 0 amide bonds. The van der Waals surface area contributed by atoms with Crippen molar-refractivity contribution < 1.29 is 32.7 Å². The predicted molar refractivity (Wildman–Crippen MR) is 34.6 cm³/mol. The van der Waals surface area contributed by atoms with Crippen molar-refractivity contribution in [3.63, 3.8) is 0 Å². The smallest absolute Gasteiger partial charge is 0.333 e. The summed E-state index contributed by atoms with van der Waals surface area (Å²) in [5, 5.41) is 0. The zero-order valence-electron chi connectivity index (χ0n) is 6.43. The van der Waals surface area contributed by atoms with Gasteiger partial charge in [-0.25, -0.2) is 15.5 Å². The summed E-state index contributed by atoms with van der Waals surface area (Å²) in [5.41, 5.74) is 0.393. The summed E-state index contributed by atoms with van der Waals surface area (Å²) < 4.78 is 4.64. The Morgan fingerprint density at radius 3 is 2.45 bits per heavy atom. The highest BCUT2D eigenvalue weighted by Crippen LogP contribution is 1.90. The highest BCUT2D eigenvalue weighted by molar-refractivity contribution is 5.86. The number of halogens is 1. The van der Waals surface area contributed by atoms with Gasteiger partial charge in [0, 0.05) is 5.57 Å². The Balaban J connectivity index is 0. The first-order valence-electron chi connectivity index (χ1n) is 2.88. The molecule has 0 rings (SSSR count). The Labute approximate surface area is 71.7 Å². The lowest BCUT2D eigenvalue weighted by Crippen LogP contribution is -3.00. The van der Waals surface area contributed by atoms with Gasteiger partial charge in [0.05, 0.1) is 0 Å². The molecule has 0 fully saturated rings. The van der Waals surface area contributed by atoms with Crippen LogP contribution >= 0.6 is 0 Å². The molecule has 0 heterocycles. The van der Waals surface area contributed by atoms with E-state index in [0.717, 1.165) is 0 Å². The summed E-state index contributed by atoms with van der Waals surface area (Å²) in [6.07, 6.45) is 0. The largest absolute Gasteiger partial charge is 1.00 e. The fourth-order valence-corrected chi connectivity index (χ4v) is 0.316. The second-order valence-electron chi connectivity index (χ2n) is 1.82. The van der Waals surface area contributed by atoms with Crippen LogP contribution in [0.4, 0.5) is 0 Å². The van der Waals surface area contributed by atoms with Crippen LogP contribution in [0.1, 0.15) is 6.92 Å². The van der Waals surface area contributed by atoms with E-state index < -0.39 is 5.97 Å². The fourth-order valence-electron chi connectivity index (χ4n) is 0.316. The minimum atomic E-state index is -0.392. The van der Waals surface area contributed by atoms with Gasteiger partial charge in [-0.15, -0.1) is 0 Å². The number of carbonyl (C=O) groups is 1. The van der Waals surface area contributed by atoms with E-state index in [1.54, 1.807) is 6.92 Å². The topological polar surface area (TPSA) is 63.2 Å². The monoisotopic (exact) mass is 181 g/mol. The molecule has 0 spiro atoms. The van der Waals surface area contributed by atoms with E-state index in [0.29, 0.717) is 12.2 Å². The van der Waals surface area contributed by atoms with Gasteiger partial charge in [-0.3, -0.25) is 0 Å². The maximum Gasteiger partial charge on any atom is 0.333 e. The normalized spacial score (nSPS) is 8.18. The van der Waals surface area contributed by atoms with Gasteiger partial charge in [-0.2, -0.15) is 0 Å². The second kappa shape index (κ2) is 7.53. The number of quaternary nitrogens is 1. The molecule has 0 aromatic heterocycles. The lowest BCUT2D eigenvalue weighted by molar-refractivity contribution is -0.689. The molecule has 0 unspecified atom stereocenters. The van der Waals surface area contributed by atoms with Crippen LogP contribution in [0.5, 0.6) is 0 Å². The van der Waals surface area contributed by atoms with Gasteiger partial charge in [0.15, 0.2) is 0 Å². The molecule has 3 N–H and O–H groups in total. The molecule has 0 aliphatic carbocycles. The number of rotatable bonds is 4.